The molecule has 2 fully saturated rings. The molecule has 9 nitrogen and oxygen atoms in total. The summed E-state index contributed by atoms with van der Waals surface area (Å²) >= 11 is 0. The minimum atomic E-state index is -1.42. The molecule has 0 aromatic heterocycles. The fourth-order valence-corrected chi connectivity index (χ4v) is 5.57. The van der Waals surface area contributed by atoms with Crippen LogP contribution in [0, 0.1) is 11.8 Å². The Morgan fingerprint density at radius 2 is 1.78 bits per heavy atom. The smallest absolute Gasteiger partial charge is 0.326 e. The molecule has 0 unspecified atom stereocenters. The quantitative estimate of drug-likeness (QED) is 0.339. The highest BCUT2D eigenvalue weighted by molar-refractivity contribution is 6.24. The molecule has 0 aliphatic carbocycles. The molecule has 190 valence electrons. The molecule has 0 saturated carbocycles. The molecule has 2 aliphatic rings. The second-order valence-corrected chi connectivity index (χ2v) is 9.06. The maximum atomic E-state index is 14.0. The average molecular weight is 495 g/mol. The van der Waals surface area contributed by atoms with Gasteiger partial charge in [-0.05, 0) is 43.7 Å². The topological polar surface area (TPSA) is 111 Å². The van der Waals surface area contributed by atoms with Crippen LogP contribution in [0.25, 0.3) is 0 Å². The number of rotatable bonds is 8. The fourth-order valence-electron chi connectivity index (χ4n) is 5.57. The number of benzene rings is 2. The van der Waals surface area contributed by atoms with Gasteiger partial charge >= 0.3 is 5.97 Å². The first-order valence-electron chi connectivity index (χ1n) is 11.8. The number of hydrogen-bond acceptors (Lipinski definition) is 8. The highest BCUT2D eigenvalue weighted by atomic mass is 16.5. The van der Waals surface area contributed by atoms with Crippen LogP contribution in [0.15, 0.2) is 42.5 Å². The van der Waals surface area contributed by atoms with E-state index in [2.05, 4.69) is 5.32 Å². The van der Waals surface area contributed by atoms with Gasteiger partial charge in [0.2, 0.25) is 11.8 Å². The van der Waals surface area contributed by atoms with E-state index < -0.39 is 41.2 Å². The van der Waals surface area contributed by atoms with Crippen molar-refractivity contribution in [3.63, 3.8) is 0 Å². The van der Waals surface area contributed by atoms with Crippen molar-refractivity contribution in [3.05, 3.63) is 53.6 Å². The first-order valence-corrected chi connectivity index (χ1v) is 11.8. The van der Waals surface area contributed by atoms with Crippen molar-refractivity contribution in [2.24, 2.45) is 11.8 Å². The molecule has 4 atom stereocenters. The molecule has 2 amide bonds. The number of anilines is 1. The molecule has 1 N–H and O–H groups in total. The zero-order valence-electron chi connectivity index (χ0n) is 21.0. The van der Waals surface area contributed by atoms with Crippen LogP contribution in [0.5, 0.6) is 11.5 Å². The summed E-state index contributed by atoms with van der Waals surface area (Å²) < 4.78 is 16.2. The van der Waals surface area contributed by atoms with Gasteiger partial charge in [0.25, 0.3) is 0 Å². The Hall–Kier alpha value is -3.72. The van der Waals surface area contributed by atoms with Crippen molar-refractivity contribution in [3.8, 4) is 11.5 Å². The zero-order chi connectivity index (χ0) is 26.2. The Bertz CT molecular complexity index is 1230. The van der Waals surface area contributed by atoms with Gasteiger partial charge < -0.3 is 14.2 Å². The molecule has 2 aromatic rings. The average Bonchev–Trinajstić information content (AvgIpc) is 3.37. The highest BCUT2D eigenvalue weighted by Crippen LogP contribution is 2.53. The molecule has 36 heavy (non-hydrogen) atoms. The number of imide groups is 1. The number of ketones is 1. The van der Waals surface area contributed by atoms with E-state index >= 15 is 0 Å². The van der Waals surface area contributed by atoms with Crippen molar-refractivity contribution in [2.75, 3.05) is 26.2 Å². The van der Waals surface area contributed by atoms with E-state index in [4.69, 9.17) is 14.2 Å². The largest absolute Gasteiger partial charge is 0.497 e. The molecule has 4 rings (SSSR count). The molecule has 2 aliphatic heterocycles. The minimum absolute atomic E-state index is 0.188. The van der Waals surface area contributed by atoms with E-state index in [1.165, 1.54) is 34.3 Å². The Morgan fingerprint density at radius 3 is 2.39 bits per heavy atom. The number of nitrogens with one attached hydrogen (secondary N) is 1. The predicted molar refractivity (Wildman–Crippen MR) is 131 cm³/mol. The van der Waals surface area contributed by atoms with Gasteiger partial charge in [-0.15, -0.1) is 0 Å². The van der Waals surface area contributed by atoms with E-state index in [0.29, 0.717) is 34.7 Å². The number of Topliss-reactive ketones (excluding diaryl/α,β-unsaturated/α-hetero) is 1. The van der Waals surface area contributed by atoms with Crippen LogP contribution < -0.4 is 19.7 Å². The molecular weight excluding hydrogens is 464 g/mol. The van der Waals surface area contributed by atoms with Gasteiger partial charge in [-0.1, -0.05) is 25.5 Å². The number of ether oxygens (including phenoxy) is 3. The standard InChI is InChI=1S/C27H30N2O7/c1-6-12-27(26(33)36-5)22-21(23(28-27)19-14-18(34-3)10-11-20(19)35-4)24(31)29(25(22)32)17-9-7-8-16(13-17)15(2)30/h7-11,13-14,21-23,28H,6,12H2,1-5H3/t21-,22-,23+,27-/m0/s1. The first-order chi connectivity index (χ1) is 17.2. The maximum Gasteiger partial charge on any atom is 0.326 e. The molecule has 0 bridgehead atoms. The Balaban J connectivity index is 1.91. The number of nitrogens with zero attached hydrogens (tertiary/aromatic N) is 1. The zero-order valence-corrected chi connectivity index (χ0v) is 21.0. The van der Waals surface area contributed by atoms with Crippen LogP contribution in [0.4, 0.5) is 5.69 Å². The van der Waals surface area contributed by atoms with Crippen LogP contribution in [0.1, 0.15) is 48.7 Å². The van der Waals surface area contributed by atoms with Gasteiger partial charge in [0.1, 0.15) is 17.0 Å². The monoisotopic (exact) mass is 494 g/mol. The van der Waals surface area contributed by atoms with E-state index in [1.54, 1.807) is 36.4 Å². The predicted octanol–water partition coefficient (Wildman–Crippen LogP) is 3.07. The third-order valence-corrected chi connectivity index (χ3v) is 7.13. The van der Waals surface area contributed by atoms with E-state index in [9.17, 15) is 19.2 Å². The van der Waals surface area contributed by atoms with Gasteiger partial charge in [-0.3, -0.25) is 24.5 Å². The summed E-state index contributed by atoms with van der Waals surface area (Å²) in [7, 11) is 4.31. The summed E-state index contributed by atoms with van der Waals surface area (Å²) in [6.45, 7) is 3.32. The van der Waals surface area contributed by atoms with Crippen LogP contribution in [-0.2, 0) is 19.1 Å². The Labute approximate surface area is 209 Å². The number of hydrogen-bond donors (Lipinski definition) is 1. The Morgan fingerprint density at radius 1 is 1.03 bits per heavy atom. The third-order valence-electron chi connectivity index (χ3n) is 7.13. The minimum Gasteiger partial charge on any atom is -0.497 e. The second kappa shape index (κ2) is 9.73. The lowest BCUT2D eigenvalue weighted by Gasteiger charge is -2.32. The number of amides is 2. The normalized spacial score (nSPS) is 25.0. The van der Waals surface area contributed by atoms with Gasteiger partial charge in [0.05, 0.1) is 38.9 Å². The lowest BCUT2D eigenvalue weighted by molar-refractivity contribution is -0.152. The van der Waals surface area contributed by atoms with E-state index in [1.807, 2.05) is 6.92 Å². The van der Waals surface area contributed by atoms with Crippen LogP contribution >= 0.6 is 0 Å². The number of carbonyl (C=O) groups excluding carboxylic acids is 4. The molecule has 0 spiro atoms. The van der Waals surface area contributed by atoms with Crippen molar-refractivity contribution in [1.29, 1.82) is 0 Å². The van der Waals surface area contributed by atoms with Crippen molar-refractivity contribution < 1.29 is 33.4 Å². The summed E-state index contributed by atoms with van der Waals surface area (Å²) in [5.41, 5.74) is -0.165. The molecule has 9 heteroatoms. The lowest BCUT2D eigenvalue weighted by Crippen LogP contribution is -2.56. The van der Waals surface area contributed by atoms with E-state index in [0.717, 1.165) is 4.90 Å². The first kappa shape index (κ1) is 25.4. The molecule has 0 radical (unpaired) electrons. The number of methoxy groups -OCH3 is 3. The van der Waals surface area contributed by atoms with Crippen molar-refractivity contribution in [1.82, 2.24) is 5.32 Å². The van der Waals surface area contributed by atoms with Gasteiger partial charge in [-0.2, -0.15) is 0 Å². The molecular formula is C27H30N2O7. The fraction of sp³-hybridized carbons (Fsp3) is 0.407. The van der Waals surface area contributed by atoms with Crippen molar-refractivity contribution >= 4 is 29.3 Å². The molecule has 2 heterocycles. The lowest BCUT2D eigenvalue weighted by atomic mass is 9.77. The van der Waals surface area contributed by atoms with Gasteiger partial charge in [-0.25, -0.2) is 4.90 Å². The summed E-state index contributed by atoms with van der Waals surface area (Å²) in [6.07, 6.45) is 0.846. The van der Waals surface area contributed by atoms with Gasteiger partial charge in [0.15, 0.2) is 5.78 Å². The molecule has 2 aromatic carbocycles. The maximum absolute atomic E-state index is 14.0. The SMILES string of the molecule is CCC[C@]1(C(=O)OC)N[C@H](c2cc(OC)ccc2OC)[C@H]2C(=O)N(c3cccc(C(C)=O)c3)C(=O)[C@H]21. The molecule has 2 saturated heterocycles. The third kappa shape index (κ3) is 3.83. The van der Waals surface area contributed by atoms with Crippen LogP contribution in [-0.4, -0.2) is 50.4 Å². The van der Waals surface area contributed by atoms with Crippen LogP contribution in [0.3, 0.4) is 0 Å². The summed E-state index contributed by atoms with van der Waals surface area (Å²) in [6, 6.07) is 10.8. The van der Waals surface area contributed by atoms with E-state index in [-0.39, 0.29) is 12.2 Å². The summed E-state index contributed by atoms with van der Waals surface area (Å²) in [5.74, 6) is -2.67. The summed E-state index contributed by atoms with van der Waals surface area (Å²) in [4.78, 5) is 54.3. The van der Waals surface area contributed by atoms with Gasteiger partial charge in [0, 0.05) is 17.2 Å². The number of esters is 1. The second-order valence-electron chi connectivity index (χ2n) is 9.06. The van der Waals surface area contributed by atoms with Crippen LogP contribution in [0.2, 0.25) is 0 Å². The number of carbonyl (C=O) groups is 4. The van der Waals surface area contributed by atoms with Crippen molar-refractivity contribution in [2.45, 2.75) is 38.3 Å². The summed E-state index contributed by atoms with van der Waals surface area (Å²) in [5, 5.41) is 3.33. The number of fused-ring (bicyclic) bond motifs is 1. The highest BCUT2D eigenvalue weighted by Gasteiger charge is 2.68. The Kier molecular flexibility index (Phi) is 6.86.